The van der Waals surface area contributed by atoms with Gasteiger partial charge >= 0.3 is 12.1 Å². The van der Waals surface area contributed by atoms with Crippen LogP contribution in [0.4, 0.5) is 4.79 Å². The van der Waals surface area contributed by atoms with Gasteiger partial charge in [-0.05, 0) is 48.9 Å². The first-order valence-electron chi connectivity index (χ1n) is 11.9. The van der Waals surface area contributed by atoms with Crippen LogP contribution < -0.4 is 10.6 Å². The molecule has 1 aliphatic carbocycles. The van der Waals surface area contributed by atoms with Crippen LogP contribution in [0, 0.1) is 5.41 Å². The van der Waals surface area contributed by atoms with Crippen molar-refractivity contribution in [2.24, 2.45) is 5.41 Å². The number of fused-ring (bicyclic) bond motifs is 3. The van der Waals surface area contributed by atoms with Crippen LogP contribution in [-0.2, 0) is 19.1 Å². The predicted molar refractivity (Wildman–Crippen MR) is 130 cm³/mol. The normalized spacial score (nSPS) is 16.6. The molecular formula is C27H32N2O6. The Balaban J connectivity index is 1.40. The maximum Gasteiger partial charge on any atom is 0.407 e. The molecule has 2 aliphatic rings. The molecule has 2 aromatic carbocycles. The number of rotatable bonds is 8. The van der Waals surface area contributed by atoms with Gasteiger partial charge in [-0.15, -0.1) is 0 Å². The third kappa shape index (κ3) is 5.48. The molecule has 4 rings (SSSR count). The average Bonchev–Trinajstić information content (AvgIpc) is 3.15. The van der Waals surface area contributed by atoms with Crippen molar-refractivity contribution in [3.8, 4) is 11.1 Å². The van der Waals surface area contributed by atoms with Crippen molar-refractivity contribution in [1.29, 1.82) is 0 Å². The summed E-state index contributed by atoms with van der Waals surface area (Å²) >= 11 is 0. The van der Waals surface area contributed by atoms with Crippen molar-refractivity contribution in [3.63, 3.8) is 0 Å². The number of carbonyl (C=O) groups is 3. The van der Waals surface area contributed by atoms with Crippen molar-refractivity contribution in [1.82, 2.24) is 10.6 Å². The third-order valence-corrected chi connectivity index (χ3v) is 6.97. The summed E-state index contributed by atoms with van der Waals surface area (Å²) in [7, 11) is 0. The van der Waals surface area contributed by atoms with Crippen molar-refractivity contribution in [2.75, 3.05) is 26.4 Å². The van der Waals surface area contributed by atoms with E-state index in [9.17, 15) is 19.5 Å². The van der Waals surface area contributed by atoms with Gasteiger partial charge in [-0.3, -0.25) is 9.59 Å². The summed E-state index contributed by atoms with van der Waals surface area (Å²) in [5.41, 5.74) is 2.67. The summed E-state index contributed by atoms with van der Waals surface area (Å²) in [6.07, 6.45) is 0.378. The Morgan fingerprint density at radius 3 is 2.17 bits per heavy atom. The SMILES string of the molecule is CC(C)(CNC(=O)CC1(NC(=O)OCC2c3ccccc3-c3ccccc32)CCOCC1)C(=O)O. The quantitative estimate of drug-likeness (QED) is 0.531. The Labute approximate surface area is 205 Å². The molecule has 1 aliphatic heterocycles. The fraction of sp³-hybridized carbons (Fsp3) is 0.444. The molecule has 2 aromatic rings. The van der Waals surface area contributed by atoms with Gasteiger partial charge in [0.15, 0.2) is 0 Å². The lowest BCUT2D eigenvalue weighted by molar-refractivity contribution is -0.146. The number of hydrogen-bond acceptors (Lipinski definition) is 5. The Kier molecular flexibility index (Phi) is 7.12. The van der Waals surface area contributed by atoms with Crippen LogP contribution >= 0.6 is 0 Å². The fourth-order valence-electron chi connectivity index (χ4n) is 4.72. The van der Waals surface area contributed by atoms with Gasteiger partial charge in [-0.2, -0.15) is 0 Å². The molecule has 8 nitrogen and oxygen atoms in total. The molecule has 1 heterocycles. The summed E-state index contributed by atoms with van der Waals surface area (Å²) in [6.45, 7) is 4.11. The molecule has 0 aromatic heterocycles. The minimum Gasteiger partial charge on any atom is -0.481 e. The van der Waals surface area contributed by atoms with Gasteiger partial charge in [-0.25, -0.2) is 4.79 Å². The fourth-order valence-corrected chi connectivity index (χ4v) is 4.72. The minimum absolute atomic E-state index is 0.00130. The summed E-state index contributed by atoms with van der Waals surface area (Å²) < 4.78 is 11.1. The highest BCUT2D eigenvalue weighted by Crippen LogP contribution is 2.44. The number of carbonyl (C=O) groups excluding carboxylic acids is 2. The third-order valence-electron chi connectivity index (χ3n) is 6.97. The smallest absolute Gasteiger partial charge is 0.407 e. The Hall–Kier alpha value is -3.39. The number of carboxylic acids is 1. The number of ether oxygens (including phenoxy) is 2. The lowest BCUT2D eigenvalue weighted by Crippen LogP contribution is -2.55. The van der Waals surface area contributed by atoms with Gasteiger partial charge in [-0.1, -0.05) is 48.5 Å². The number of benzene rings is 2. The van der Waals surface area contributed by atoms with Gasteiger partial charge in [0.25, 0.3) is 0 Å². The maximum atomic E-state index is 12.9. The lowest BCUT2D eigenvalue weighted by atomic mass is 9.86. The molecule has 0 spiro atoms. The molecule has 35 heavy (non-hydrogen) atoms. The second-order valence-corrected chi connectivity index (χ2v) is 9.99. The average molecular weight is 481 g/mol. The first-order valence-corrected chi connectivity index (χ1v) is 11.9. The zero-order valence-corrected chi connectivity index (χ0v) is 20.1. The minimum atomic E-state index is -1.08. The van der Waals surface area contributed by atoms with Crippen LogP contribution in [0.1, 0.15) is 50.2 Å². The summed E-state index contributed by atoms with van der Waals surface area (Å²) in [5, 5.41) is 14.9. The highest BCUT2D eigenvalue weighted by Gasteiger charge is 2.38. The number of amides is 2. The number of alkyl carbamates (subject to hydrolysis) is 1. The highest BCUT2D eigenvalue weighted by atomic mass is 16.5. The molecule has 0 radical (unpaired) electrons. The molecule has 0 atom stereocenters. The van der Waals surface area contributed by atoms with Crippen molar-refractivity contribution in [2.45, 2.75) is 44.6 Å². The van der Waals surface area contributed by atoms with Crippen LogP contribution in [0.15, 0.2) is 48.5 Å². The molecule has 0 unspecified atom stereocenters. The Bertz CT molecular complexity index is 1060. The van der Waals surface area contributed by atoms with E-state index in [1.807, 2.05) is 24.3 Å². The maximum absolute atomic E-state index is 12.9. The number of hydrogen-bond donors (Lipinski definition) is 3. The van der Waals surface area contributed by atoms with E-state index in [0.29, 0.717) is 26.1 Å². The summed E-state index contributed by atoms with van der Waals surface area (Å²) in [5.74, 6) is -1.36. The highest BCUT2D eigenvalue weighted by molar-refractivity contribution is 5.81. The predicted octanol–water partition coefficient (Wildman–Crippen LogP) is 3.69. The number of carboxylic acid groups (broad SMARTS) is 1. The monoisotopic (exact) mass is 480 g/mol. The first kappa shape index (κ1) is 24.7. The lowest BCUT2D eigenvalue weighted by Gasteiger charge is -2.37. The van der Waals surface area contributed by atoms with E-state index in [0.717, 1.165) is 22.3 Å². The topological polar surface area (TPSA) is 114 Å². The molecule has 1 saturated heterocycles. The largest absolute Gasteiger partial charge is 0.481 e. The Morgan fingerprint density at radius 2 is 1.60 bits per heavy atom. The molecule has 1 fully saturated rings. The van der Waals surface area contributed by atoms with Crippen molar-refractivity contribution < 1.29 is 29.0 Å². The van der Waals surface area contributed by atoms with Gasteiger partial charge in [0.2, 0.25) is 5.91 Å². The van der Waals surface area contributed by atoms with Crippen molar-refractivity contribution >= 4 is 18.0 Å². The second kappa shape index (κ2) is 10.1. The van der Waals surface area contributed by atoms with E-state index in [2.05, 4.69) is 34.9 Å². The molecule has 3 N–H and O–H groups in total. The molecule has 0 bridgehead atoms. The number of nitrogens with one attached hydrogen (secondary N) is 2. The zero-order chi connectivity index (χ0) is 25.1. The van der Waals surface area contributed by atoms with Crippen LogP contribution in [0.25, 0.3) is 11.1 Å². The van der Waals surface area contributed by atoms with Crippen LogP contribution in [0.5, 0.6) is 0 Å². The van der Waals surface area contributed by atoms with E-state index in [4.69, 9.17) is 9.47 Å². The first-order chi connectivity index (χ1) is 16.7. The van der Waals surface area contributed by atoms with E-state index < -0.39 is 23.0 Å². The van der Waals surface area contributed by atoms with Gasteiger partial charge < -0.3 is 25.2 Å². The Morgan fingerprint density at radius 1 is 1.03 bits per heavy atom. The second-order valence-electron chi connectivity index (χ2n) is 9.99. The molecule has 8 heteroatoms. The van der Waals surface area contributed by atoms with Crippen LogP contribution in [-0.4, -0.2) is 55.0 Å². The summed E-state index contributed by atoms with van der Waals surface area (Å²) in [4.78, 5) is 36.9. The van der Waals surface area contributed by atoms with E-state index >= 15 is 0 Å². The zero-order valence-electron chi connectivity index (χ0n) is 20.1. The molecule has 0 saturated carbocycles. The van der Waals surface area contributed by atoms with E-state index in [1.165, 1.54) is 0 Å². The van der Waals surface area contributed by atoms with Crippen molar-refractivity contribution in [3.05, 3.63) is 59.7 Å². The molecular weight excluding hydrogens is 448 g/mol. The summed E-state index contributed by atoms with van der Waals surface area (Å²) in [6, 6.07) is 16.3. The van der Waals surface area contributed by atoms with Crippen LogP contribution in [0.3, 0.4) is 0 Å². The van der Waals surface area contributed by atoms with Gasteiger partial charge in [0.1, 0.15) is 6.61 Å². The number of aliphatic carboxylic acids is 1. The standard InChI is InChI=1S/C27H32N2O6/c1-26(2,24(31)32)17-28-23(30)15-27(11-13-34-14-12-27)29-25(33)35-16-22-20-9-5-3-7-18(20)19-8-4-6-10-21(19)22/h3-10,22H,11-17H2,1-2H3,(H,28,30)(H,29,33)(H,31,32). The van der Waals surface area contributed by atoms with Gasteiger partial charge in [0, 0.05) is 32.1 Å². The van der Waals surface area contributed by atoms with Crippen LogP contribution in [0.2, 0.25) is 0 Å². The van der Waals surface area contributed by atoms with E-state index in [1.54, 1.807) is 13.8 Å². The molecule has 2 amide bonds. The van der Waals surface area contributed by atoms with Gasteiger partial charge in [0.05, 0.1) is 11.0 Å². The van der Waals surface area contributed by atoms with E-state index in [-0.39, 0.29) is 31.4 Å². The molecule has 186 valence electrons.